The highest BCUT2D eigenvalue weighted by Crippen LogP contribution is 2.25. The maximum Gasteiger partial charge on any atom is 0.341 e. The number of hydrogen-bond acceptors (Lipinski definition) is 6. The molecule has 148 valence electrons. The van der Waals surface area contributed by atoms with Crippen molar-refractivity contribution < 1.29 is 19.1 Å². The fourth-order valence-electron chi connectivity index (χ4n) is 3.73. The number of carbonyl (C=O) groups excluding carboxylic acids is 3. The minimum absolute atomic E-state index is 0.156. The molecule has 0 saturated carbocycles. The van der Waals surface area contributed by atoms with Crippen LogP contribution in [0.4, 0.5) is 5.00 Å². The summed E-state index contributed by atoms with van der Waals surface area (Å²) in [5, 5.41) is 5.07. The maximum absolute atomic E-state index is 12.8. The number of nitrogens with one attached hydrogen (secondary N) is 1. The Morgan fingerprint density at radius 2 is 1.93 bits per heavy atom. The highest BCUT2D eigenvalue weighted by atomic mass is 32.1. The SMILES string of the molecule is CCOC(=O)c1ccsc1NC(=O)CN1CCCCC1C(=O)N1CCCC1. The monoisotopic (exact) mass is 393 g/mol. The van der Waals surface area contributed by atoms with Crippen molar-refractivity contribution in [2.45, 2.75) is 45.1 Å². The Morgan fingerprint density at radius 1 is 1.19 bits per heavy atom. The Labute approximate surface area is 163 Å². The quantitative estimate of drug-likeness (QED) is 0.751. The smallest absolute Gasteiger partial charge is 0.341 e. The van der Waals surface area contributed by atoms with E-state index in [1.54, 1.807) is 18.4 Å². The van der Waals surface area contributed by atoms with Crippen LogP contribution < -0.4 is 5.32 Å². The molecule has 0 aliphatic carbocycles. The average molecular weight is 394 g/mol. The van der Waals surface area contributed by atoms with E-state index in [2.05, 4.69) is 5.32 Å². The number of piperidine rings is 1. The standard InChI is InChI=1S/C19H27N3O4S/c1-2-26-19(25)14-8-12-27-17(14)20-16(23)13-22-11-4-3-7-15(22)18(24)21-9-5-6-10-21/h8,12,15H,2-7,9-11,13H2,1H3,(H,20,23). The lowest BCUT2D eigenvalue weighted by molar-refractivity contribution is -0.137. The van der Waals surface area contributed by atoms with E-state index >= 15 is 0 Å². The molecule has 0 bridgehead atoms. The third kappa shape index (κ3) is 4.87. The zero-order valence-electron chi connectivity index (χ0n) is 15.7. The van der Waals surface area contributed by atoms with Crippen LogP contribution in [0.3, 0.4) is 0 Å². The Hall–Kier alpha value is -1.93. The van der Waals surface area contributed by atoms with Crippen LogP contribution in [0.15, 0.2) is 11.4 Å². The Bertz CT molecular complexity index is 684. The number of hydrogen-bond donors (Lipinski definition) is 1. The largest absolute Gasteiger partial charge is 0.462 e. The molecule has 3 heterocycles. The molecule has 1 atom stereocenters. The van der Waals surface area contributed by atoms with Gasteiger partial charge in [0, 0.05) is 13.1 Å². The van der Waals surface area contributed by atoms with Crippen molar-refractivity contribution >= 4 is 34.1 Å². The zero-order valence-corrected chi connectivity index (χ0v) is 16.6. The molecule has 2 fully saturated rings. The lowest BCUT2D eigenvalue weighted by Gasteiger charge is -2.36. The van der Waals surface area contributed by atoms with Gasteiger partial charge in [-0.15, -0.1) is 11.3 Å². The van der Waals surface area contributed by atoms with Crippen molar-refractivity contribution in [2.24, 2.45) is 0 Å². The first-order valence-corrected chi connectivity index (χ1v) is 10.6. The van der Waals surface area contributed by atoms with E-state index < -0.39 is 5.97 Å². The van der Waals surface area contributed by atoms with Gasteiger partial charge in [-0.05, 0) is 50.6 Å². The molecule has 1 aromatic heterocycles. The molecular weight excluding hydrogens is 366 g/mol. The number of likely N-dealkylation sites (tertiary alicyclic amines) is 2. The molecule has 7 nitrogen and oxygen atoms in total. The molecule has 27 heavy (non-hydrogen) atoms. The van der Waals surface area contributed by atoms with Crippen LogP contribution in [0.25, 0.3) is 0 Å². The number of amides is 2. The first-order chi connectivity index (χ1) is 13.1. The van der Waals surface area contributed by atoms with E-state index in [9.17, 15) is 14.4 Å². The number of rotatable bonds is 6. The summed E-state index contributed by atoms with van der Waals surface area (Å²) in [6.45, 7) is 4.59. The predicted molar refractivity (Wildman–Crippen MR) is 104 cm³/mol. The Balaban J connectivity index is 1.61. The van der Waals surface area contributed by atoms with Gasteiger partial charge < -0.3 is 15.0 Å². The van der Waals surface area contributed by atoms with Crippen LogP contribution in [0.2, 0.25) is 0 Å². The second kappa shape index (κ2) is 9.32. The molecule has 1 aromatic rings. The first kappa shape index (κ1) is 19.8. The lowest BCUT2D eigenvalue weighted by atomic mass is 10.0. The van der Waals surface area contributed by atoms with Crippen LogP contribution in [0.5, 0.6) is 0 Å². The molecular formula is C19H27N3O4S. The summed E-state index contributed by atoms with van der Waals surface area (Å²) in [5.74, 6) is -0.485. The van der Waals surface area contributed by atoms with Gasteiger partial charge in [-0.25, -0.2) is 4.79 Å². The molecule has 0 aromatic carbocycles. The summed E-state index contributed by atoms with van der Waals surface area (Å²) in [6, 6.07) is 1.44. The molecule has 8 heteroatoms. The van der Waals surface area contributed by atoms with Crippen molar-refractivity contribution in [3.05, 3.63) is 17.0 Å². The van der Waals surface area contributed by atoms with Gasteiger partial charge in [0.2, 0.25) is 11.8 Å². The number of nitrogens with zero attached hydrogens (tertiary/aromatic N) is 2. The summed E-state index contributed by atoms with van der Waals surface area (Å²) >= 11 is 1.30. The zero-order chi connectivity index (χ0) is 19.2. The summed E-state index contributed by atoms with van der Waals surface area (Å²) in [6.07, 6.45) is 4.93. The normalized spacial score (nSPS) is 20.5. The van der Waals surface area contributed by atoms with E-state index in [1.165, 1.54) is 11.3 Å². The number of esters is 1. The van der Waals surface area contributed by atoms with Gasteiger partial charge in [0.05, 0.1) is 24.8 Å². The number of ether oxygens (including phenoxy) is 1. The van der Waals surface area contributed by atoms with Crippen molar-refractivity contribution in [2.75, 3.05) is 38.1 Å². The highest BCUT2D eigenvalue weighted by molar-refractivity contribution is 7.14. The van der Waals surface area contributed by atoms with Crippen molar-refractivity contribution in [1.82, 2.24) is 9.80 Å². The van der Waals surface area contributed by atoms with E-state index in [-0.39, 0.29) is 31.0 Å². The minimum atomic E-state index is -0.436. The molecule has 2 aliphatic rings. The minimum Gasteiger partial charge on any atom is -0.462 e. The maximum atomic E-state index is 12.8. The molecule has 2 aliphatic heterocycles. The van der Waals surface area contributed by atoms with Gasteiger partial charge in [0.25, 0.3) is 0 Å². The predicted octanol–water partition coefficient (Wildman–Crippen LogP) is 2.34. The average Bonchev–Trinajstić information content (AvgIpc) is 3.33. The number of thiophene rings is 1. The van der Waals surface area contributed by atoms with Crippen LogP contribution in [0.1, 0.15) is 49.4 Å². The van der Waals surface area contributed by atoms with E-state index in [4.69, 9.17) is 4.74 Å². The van der Waals surface area contributed by atoms with Gasteiger partial charge in [0.15, 0.2) is 0 Å². The fourth-order valence-corrected chi connectivity index (χ4v) is 4.53. The first-order valence-electron chi connectivity index (χ1n) is 9.67. The van der Waals surface area contributed by atoms with Crippen molar-refractivity contribution in [1.29, 1.82) is 0 Å². The van der Waals surface area contributed by atoms with E-state index in [0.717, 1.165) is 51.7 Å². The lowest BCUT2D eigenvalue weighted by Crippen LogP contribution is -2.52. The Kier molecular flexibility index (Phi) is 6.84. The van der Waals surface area contributed by atoms with E-state index in [0.29, 0.717) is 10.6 Å². The van der Waals surface area contributed by atoms with Crippen LogP contribution >= 0.6 is 11.3 Å². The third-order valence-electron chi connectivity index (χ3n) is 5.08. The fraction of sp³-hybridized carbons (Fsp3) is 0.632. The molecule has 2 amide bonds. The summed E-state index contributed by atoms with van der Waals surface area (Å²) in [7, 11) is 0. The van der Waals surface area contributed by atoms with E-state index in [1.807, 2.05) is 9.80 Å². The van der Waals surface area contributed by atoms with Gasteiger partial charge in [-0.3, -0.25) is 14.5 Å². The van der Waals surface area contributed by atoms with Gasteiger partial charge in [-0.1, -0.05) is 6.42 Å². The molecule has 2 saturated heterocycles. The third-order valence-corrected chi connectivity index (χ3v) is 5.91. The van der Waals surface area contributed by atoms with Crippen molar-refractivity contribution in [3.63, 3.8) is 0 Å². The molecule has 1 unspecified atom stereocenters. The molecule has 3 rings (SSSR count). The highest BCUT2D eigenvalue weighted by Gasteiger charge is 2.34. The second-order valence-electron chi connectivity index (χ2n) is 6.95. The van der Waals surface area contributed by atoms with Crippen molar-refractivity contribution in [3.8, 4) is 0 Å². The summed E-state index contributed by atoms with van der Waals surface area (Å²) < 4.78 is 5.02. The van der Waals surface area contributed by atoms with Gasteiger partial charge in [0.1, 0.15) is 5.00 Å². The van der Waals surface area contributed by atoms with Crippen LogP contribution in [-0.4, -0.2) is 66.4 Å². The van der Waals surface area contributed by atoms with Gasteiger partial charge >= 0.3 is 5.97 Å². The topological polar surface area (TPSA) is 79.0 Å². The summed E-state index contributed by atoms with van der Waals surface area (Å²) in [5.41, 5.74) is 0.374. The number of carbonyl (C=O) groups is 3. The Morgan fingerprint density at radius 3 is 2.67 bits per heavy atom. The van der Waals surface area contributed by atoms with Gasteiger partial charge in [-0.2, -0.15) is 0 Å². The number of anilines is 1. The van der Waals surface area contributed by atoms with Crippen LogP contribution in [-0.2, 0) is 14.3 Å². The molecule has 0 radical (unpaired) electrons. The molecule has 0 spiro atoms. The second-order valence-corrected chi connectivity index (χ2v) is 7.86. The summed E-state index contributed by atoms with van der Waals surface area (Å²) in [4.78, 5) is 41.3. The van der Waals surface area contributed by atoms with Crippen LogP contribution in [0, 0.1) is 0 Å². The molecule has 1 N–H and O–H groups in total.